The van der Waals surface area contributed by atoms with Crippen molar-refractivity contribution in [3.8, 4) is 0 Å². The van der Waals surface area contributed by atoms with E-state index in [9.17, 15) is 14.0 Å². The van der Waals surface area contributed by atoms with Gasteiger partial charge in [0.05, 0.1) is 12.3 Å². The Labute approximate surface area is 142 Å². The Hall–Kier alpha value is -1.91. The van der Waals surface area contributed by atoms with Gasteiger partial charge in [-0.15, -0.1) is 0 Å². The van der Waals surface area contributed by atoms with Gasteiger partial charge in [-0.1, -0.05) is 18.6 Å². The van der Waals surface area contributed by atoms with Crippen molar-refractivity contribution in [3.63, 3.8) is 0 Å². The second-order valence-electron chi connectivity index (χ2n) is 7.02. The largest absolute Gasteiger partial charge is 0.356 e. The van der Waals surface area contributed by atoms with E-state index >= 15 is 0 Å². The van der Waals surface area contributed by atoms with Crippen LogP contribution in [0.5, 0.6) is 0 Å². The highest BCUT2D eigenvalue weighted by molar-refractivity contribution is 5.82. The van der Waals surface area contributed by atoms with Crippen LogP contribution < -0.4 is 5.32 Å². The van der Waals surface area contributed by atoms with Crippen molar-refractivity contribution in [2.45, 2.75) is 38.5 Å². The molecule has 1 aromatic rings. The maximum atomic E-state index is 12.9. The van der Waals surface area contributed by atoms with Crippen molar-refractivity contribution < 1.29 is 14.0 Å². The topological polar surface area (TPSA) is 49.4 Å². The fourth-order valence-corrected chi connectivity index (χ4v) is 3.39. The number of amides is 2. The van der Waals surface area contributed by atoms with Gasteiger partial charge in [-0.05, 0) is 49.3 Å². The number of nitrogens with one attached hydrogen (secondary N) is 1. The van der Waals surface area contributed by atoms with Gasteiger partial charge >= 0.3 is 0 Å². The highest BCUT2D eigenvalue weighted by atomic mass is 19.1. The molecule has 3 rings (SSSR count). The van der Waals surface area contributed by atoms with Crippen LogP contribution in [-0.4, -0.2) is 36.3 Å². The van der Waals surface area contributed by atoms with Gasteiger partial charge in [0, 0.05) is 19.6 Å². The molecule has 0 spiro atoms. The predicted molar refractivity (Wildman–Crippen MR) is 89.8 cm³/mol. The van der Waals surface area contributed by atoms with Gasteiger partial charge in [0.1, 0.15) is 5.82 Å². The van der Waals surface area contributed by atoms with E-state index in [1.54, 1.807) is 17.0 Å². The van der Waals surface area contributed by atoms with Gasteiger partial charge in [-0.2, -0.15) is 0 Å². The summed E-state index contributed by atoms with van der Waals surface area (Å²) in [6, 6.07) is 6.02. The molecule has 5 heteroatoms. The molecule has 130 valence electrons. The van der Waals surface area contributed by atoms with E-state index < -0.39 is 0 Å². The molecule has 1 aromatic carbocycles. The van der Waals surface area contributed by atoms with Gasteiger partial charge in [0.25, 0.3) is 0 Å². The van der Waals surface area contributed by atoms with Crippen LogP contribution in [0.15, 0.2) is 24.3 Å². The average molecular weight is 332 g/mol. The zero-order valence-corrected chi connectivity index (χ0v) is 14.0. The summed E-state index contributed by atoms with van der Waals surface area (Å²) in [6.07, 6.45) is 5.67. The Kier molecular flexibility index (Phi) is 5.48. The SMILES string of the molecule is O=C(NCC1CCC1)C1CCCN(C(=O)Cc2ccc(F)cc2)C1. The van der Waals surface area contributed by atoms with Crippen LogP contribution in [-0.2, 0) is 16.0 Å². The lowest BCUT2D eigenvalue weighted by Gasteiger charge is -2.33. The molecule has 1 heterocycles. The smallest absolute Gasteiger partial charge is 0.227 e. The molecular weight excluding hydrogens is 307 g/mol. The predicted octanol–water partition coefficient (Wildman–Crippen LogP) is 2.52. The standard InChI is InChI=1S/C19H25FN2O2/c20-17-8-6-14(7-9-17)11-18(23)22-10-2-5-16(13-22)19(24)21-12-15-3-1-4-15/h6-9,15-16H,1-5,10-13H2,(H,21,24). The first kappa shape index (κ1) is 16.9. The van der Waals surface area contributed by atoms with Gasteiger partial charge in [0.2, 0.25) is 11.8 Å². The second kappa shape index (κ2) is 7.77. The molecule has 1 saturated heterocycles. The van der Waals surface area contributed by atoms with E-state index in [0.717, 1.165) is 24.9 Å². The van der Waals surface area contributed by atoms with E-state index in [4.69, 9.17) is 0 Å². The fourth-order valence-electron chi connectivity index (χ4n) is 3.39. The van der Waals surface area contributed by atoms with Crippen LogP contribution in [0.25, 0.3) is 0 Å². The van der Waals surface area contributed by atoms with Crippen molar-refractivity contribution >= 4 is 11.8 Å². The molecule has 2 amide bonds. The molecule has 1 unspecified atom stereocenters. The normalized spacial score (nSPS) is 21.2. The number of halogens is 1. The first-order chi connectivity index (χ1) is 11.6. The highest BCUT2D eigenvalue weighted by Gasteiger charge is 2.29. The Morgan fingerprint density at radius 2 is 1.88 bits per heavy atom. The van der Waals surface area contributed by atoms with Crippen molar-refractivity contribution in [3.05, 3.63) is 35.6 Å². The molecule has 1 saturated carbocycles. The van der Waals surface area contributed by atoms with Crippen molar-refractivity contribution in [2.24, 2.45) is 11.8 Å². The lowest BCUT2D eigenvalue weighted by Crippen LogP contribution is -2.46. The molecule has 1 atom stereocenters. The quantitative estimate of drug-likeness (QED) is 0.901. The minimum atomic E-state index is -0.299. The van der Waals surface area contributed by atoms with Crippen LogP contribution in [0.2, 0.25) is 0 Å². The summed E-state index contributed by atoms with van der Waals surface area (Å²) in [5.74, 6) is 0.344. The van der Waals surface area contributed by atoms with Crippen LogP contribution in [0.4, 0.5) is 4.39 Å². The molecule has 0 aromatic heterocycles. The summed E-state index contributed by atoms with van der Waals surface area (Å²) >= 11 is 0. The van der Waals surface area contributed by atoms with E-state index in [0.29, 0.717) is 19.0 Å². The number of hydrogen-bond donors (Lipinski definition) is 1. The molecule has 0 bridgehead atoms. The first-order valence-corrected chi connectivity index (χ1v) is 8.92. The number of likely N-dealkylation sites (tertiary alicyclic amines) is 1. The lowest BCUT2D eigenvalue weighted by molar-refractivity contribution is -0.135. The summed E-state index contributed by atoms with van der Waals surface area (Å²) in [7, 11) is 0. The highest BCUT2D eigenvalue weighted by Crippen LogP contribution is 2.25. The van der Waals surface area contributed by atoms with Gasteiger partial charge < -0.3 is 10.2 Å². The summed E-state index contributed by atoms with van der Waals surface area (Å²) in [6.45, 7) is 1.97. The number of rotatable bonds is 5. The molecule has 1 N–H and O–H groups in total. The maximum absolute atomic E-state index is 12.9. The fraction of sp³-hybridized carbons (Fsp3) is 0.579. The van der Waals surface area contributed by atoms with Crippen LogP contribution in [0, 0.1) is 17.7 Å². The molecule has 4 nitrogen and oxygen atoms in total. The van der Waals surface area contributed by atoms with Crippen LogP contribution in [0.3, 0.4) is 0 Å². The molecule has 2 fully saturated rings. The van der Waals surface area contributed by atoms with Crippen molar-refractivity contribution in [1.82, 2.24) is 10.2 Å². The molecule has 24 heavy (non-hydrogen) atoms. The molecule has 1 aliphatic carbocycles. The number of benzene rings is 1. The van der Waals surface area contributed by atoms with Gasteiger partial charge in [-0.25, -0.2) is 4.39 Å². The van der Waals surface area contributed by atoms with Gasteiger partial charge in [-0.3, -0.25) is 9.59 Å². The number of nitrogens with zero attached hydrogens (tertiary/aromatic N) is 1. The number of carbonyl (C=O) groups is 2. The third kappa shape index (κ3) is 4.34. The third-order valence-electron chi connectivity index (χ3n) is 5.20. The summed E-state index contributed by atoms with van der Waals surface area (Å²) in [5, 5.41) is 3.05. The third-order valence-corrected chi connectivity index (χ3v) is 5.20. The summed E-state index contributed by atoms with van der Waals surface area (Å²) < 4.78 is 12.9. The number of carbonyl (C=O) groups excluding carboxylic acids is 2. The second-order valence-corrected chi connectivity index (χ2v) is 7.02. The maximum Gasteiger partial charge on any atom is 0.227 e. The molecular formula is C19H25FN2O2. The summed E-state index contributed by atoms with van der Waals surface area (Å²) in [4.78, 5) is 26.5. The molecule has 1 aliphatic heterocycles. The zero-order valence-electron chi connectivity index (χ0n) is 14.0. The Balaban J connectivity index is 1.49. The average Bonchev–Trinajstić information content (AvgIpc) is 2.55. The Bertz CT molecular complexity index is 584. The minimum absolute atomic E-state index is 0.0121. The Morgan fingerprint density at radius 1 is 1.12 bits per heavy atom. The van der Waals surface area contributed by atoms with E-state index in [-0.39, 0.29) is 30.0 Å². The van der Waals surface area contributed by atoms with Crippen LogP contribution in [0.1, 0.15) is 37.7 Å². The number of hydrogen-bond acceptors (Lipinski definition) is 2. The zero-order chi connectivity index (χ0) is 16.9. The van der Waals surface area contributed by atoms with E-state index in [2.05, 4.69) is 5.32 Å². The Morgan fingerprint density at radius 3 is 2.54 bits per heavy atom. The van der Waals surface area contributed by atoms with Crippen molar-refractivity contribution in [2.75, 3.05) is 19.6 Å². The molecule has 0 radical (unpaired) electrons. The van der Waals surface area contributed by atoms with Crippen molar-refractivity contribution in [1.29, 1.82) is 0 Å². The van der Waals surface area contributed by atoms with Crippen LogP contribution >= 0.6 is 0 Å². The monoisotopic (exact) mass is 332 g/mol. The summed E-state index contributed by atoms with van der Waals surface area (Å²) in [5.41, 5.74) is 0.804. The van der Waals surface area contributed by atoms with E-state index in [1.807, 2.05) is 0 Å². The molecule has 2 aliphatic rings. The lowest BCUT2D eigenvalue weighted by atomic mass is 9.85. The van der Waals surface area contributed by atoms with E-state index in [1.165, 1.54) is 31.4 Å². The number of piperidine rings is 1. The minimum Gasteiger partial charge on any atom is -0.356 e. The first-order valence-electron chi connectivity index (χ1n) is 8.92. The van der Waals surface area contributed by atoms with Gasteiger partial charge in [0.15, 0.2) is 0 Å².